The van der Waals surface area contributed by atoms with Gasteiger partial charge in [0.05, 0.1) is 0 Å². The fraction of sp³-hybridized carbons (Fsp3) is 0.273. The van der Waals surface area contributed by atoms with Gasteiger partial charge in [-0.1, -0.05) is 93.6 Å². The zero-order chi connectivity index (χ0) is 26.9. The molecule has 0 aliphatic heterocycles. The molecule has 37 heavy (non-hydrogen) atoms. The molecule has 0 bridgehead atoms. The van der Waals surface area contributed by atoms with E-state index in [1.807, 2.05) is 48.5 Å². The molecular weight excluding hydrogens is 460 g/mol. The number of phenolic OH excluding ortho intramolecular Hbond substituents is 4. The van der Waals surface area contributed by atoms with Crippen molar-refractivity contribution >= 4 is 0 Å². The van der Waals surface area contributed by atoms with E-state index < -0.39 is 0 Å². The van der Waals surface area contributed by atoms with E-state index in [2.05, 4.69) is 20.8 Å². The Morgan fingerprint density at radius 2 is 0.919 bits per heavy atom. The smallest absolute Gasteiger partial charge is 0.119 e. The van der Waals surface area contributed by atoms with Crippen LogP contribution in [0.5, 0.6) is 23.0 Å². The molecule has 1 unspecified atom stereocenters. The quantitative estimate of drug-likeness (QED) is 0.226. The second-order valence-corrected chi connectivity index (χ2v) is 10.6. The van der Waals surface area contributed by atoms with Crippen molar-refractivity contribution in [1.82, 2.24) is 0 Å². The molecule has 0 aromatic heterocycles. The summed E-state index contributed by atoms with van der Waals surface area (Å²) in [6.07, 6.45) is 3.01. The van der Waals surface area contributed by atoms with Crippen LogP contribution in [0.4, 0.5) is 0 Å². The van der Waals surface area contributed by atoms with E-state index in [0.717, 1.165) is 30.4 Å². The molecule has 4 N–H and O–H groups in total. The lowest BCUT2D eigenvalue weighted by Gasteiger charge is -2.48. The van der Waals surface area contributed by atoms with Crippen LogP contribution in [0, 0.1) is 11.3 Å². The molecule has 1 aliphatic carbocycles. The van der Waals surface area contributed by atoms with Crippen LogP contribution >= 0.6 is 0 Å². The molecule has 4 heteroatoms. The molecule has 1 aliphatic rings. The molecule has 194 valence electrons. The molecule has 4 nitrogen and oxygen atoms in total. The Morgan fingerprint density at radius 1 is 0.541 bits per heavy atom. The zero-order valence-electron chi connectivity index (χ0n) is 21.9. The summed E-state index contributed by atoms with van der Waals surface area (Å²) in [5.74, 6) is 1.81. The Bertz CT molecular complexity index is 1150. The molecule has 0 amide bonds. The Balaban J connectivity index is 0.000000220. The molecule has 0 spiro atoms. The highest BCUT2D eigenvalue weighted by atomic mass is 16.3. The highest BCUT2D eigenvalue weighted by Crippen LogP contribution is 2.56. The first-order valence-corrected chi connectivity index (χ1v) is 12.7. The van der Waals surface area contributed by atoms with Crippen LogP contribution in [0.2, 0.25) is 0 Å². The topological polar surface area (TPSA) is 80.9 Å². The molecule has 5 rings (SSSR count). The Labute approximate surface area is 220 Å². The molecule has 0 saturated heterocycles. The van der Waals surface area contributed by atoms with Gasteiger partial charge in [-0.2, -0.15) is 0 Å². The number of benzene rings is 4. The Kier molecular flexibility index (Phi) is 9.24. The lowest BCUT2D eigenvalue weighted by Crippen LogP contribution is -2.41. The average molecular weight is 499 g/mol. The fourth-order valence-corrected chi connectivity index (χ4v) is 5.74. The first-order chi connectivity index (χ1) is 17.6. The van der Waals surface area contributed by atoms with Gasteiger partial charge in [0, 0.05) is 16.5 Å². The predicted molar refractivity (Wildman–Crippen MR) is 150 cm³/mol. The van der Waals surface area contributed by atoms with Crippen LogP contribution in [-0.4, -0.2) is 20.4 Å². The fourth-order valence-electron chi connectivity index (χ4n) is 5.74. The van der Waals surface area contributed by atoms with Crippen molar-refractivity contribution in [1.29, 1.82) is 0 Å². The van der Waals surface area contributed by atoms with Crippen molar-refractivity contribution in [2.75, 3.05) is 0 Å². The summed E-state index contributed by atoms with van der Waals surface area (Å²) >= 11 is 0. The van der Waals surface area contributed by atoms with Gasteiger partial charge in [0.15, 0.2) is 0 Å². The summed E-state index contributed by atoms with van der Waals surface area (Å²) in [6.45, 7) is 6.85. The van der Waals surface area contributed by atoms with Gasteiger partial charge >= 0.3 is 0 Å². The van der Waals surface area contributed by atoms with Crippen molar-refractivity contribution in [3.63, 3.8) is 0 Å². The van der Waals surface area contributed by atoms with Crippen LogP contribution in [-0.2, 0) is 5.41 Å². The van der Waals surface area contributed by atoms with Gasteiger partial charge in [-0.25, -0.2) is 0 Å². The van der Waals surface area contributed by atoms with E-state index in [0.29, 0.717) is 28.9 Å². The van der Waals surface area contributed by atoms with Crippen molar-refractivity contribution in [2.24, 2.45) is 11.3 Å². The van der Waals surface area contributed by atoms with E-state index in [-0.39, 0.29) is 10.8 Å². The largest absolute Gasteiger partial charge is 0.508 e. The van der Waals surface area contributed by atoms with Crippen molar-refractivity contribution in [3.8, 4) is 23.0 Å². The monoisotopic (exact) mass is 498 g/mol. The second-order valence-electron chi connectivity index (χ2n) is 10.6. The predicted octanol–water partition coefficient (Wildman–Crippen LogP) is 8.01. The first kappa shape index (κ1) is 27.7. The van der Waals surface area contributed by atoms with Gasteiger partial charge in [-0.3, -0.25) is 0 Å². The molecule has 0 radical (unpaired) electrons. The SMILES string of the molecule is CC1CC(C)(C)CC(c2ccccc2O)(c2ccccc2O)C1.Oc1ccccc1.Oc1ccccc1. The summed E-state index contributed by atoms with van der Waals surface area (Å²) in [6, 6.07) is 32.6. The van der Waals surface area contributed by atoms with Gasteiger partial charge in [0.1, 0.15) is 23.0 Å². The first-order valence-electron chi connectivity index (χ1n) is 12.7. The lowest BCUT2D eigenvalue weighted by molar-refractivity contribution is 0.123. The maximum absolute atomic E-state index is 10.6. The third-order valence-electron chi connectivity index (χ3n) is 6.73. The van der Waals surface area contributed by atoms with Crippen LogP contribution in [0.15, 0.2) is 109 Å². The van der Waals surface area contributed by atoms with E-state index in [1.165, 1.54) is 0 Å². The average Bonchev–Trinajstić information content (AvgIpc) is 2.85. The van der Waals surface area contributed by atoms with Crippen molar-refractivity contribution < 1.29 is 20.4 Å². The van der Waals surface area contributed by atoms with Crippen LogP contribution in [0.3, 0.4) is 0 Å². The number of para-hydroxylation sites is 4. The third kappa shape index (κ3) is 7.53. The molecule has 0 heterocycles. The molecule has 1 atom stereocenters. The molecule has 4 aromatic carbocycles. The zero-order valence-corrected chi connectivity index (χ0v) is 21.9. The normalized spacial score (nSPS) is 17.3. The maximum Gasteiger partial charge on any atom is 0.119 e. The van der Waals surface area contributed by atoms with Gasteiger partial charge in [-0.15, -0.1) is 0 Å². The minimum absolute atomic E-state index is 0.155. The number of rotatable bonds is 2. The summed E-state index contributed by atoms with van der Waals surface area (Å²) in [4.78, 5) is 0. The summed E-state index contributed by atoms with van der Waals surface area (Å²) in [5.41, 5.74) is 1.67. The molecular formula is C33H38O4. The Hall–Kier alpha value is -3.92. The lowest BCUT2D eigenvalue weighted by atomic mass is 9.55. The van der Waals surface area contributed by atoms with E-state index in [9.17, 15) is 10.2 Å². The van der Waals surface area contributed by atoms with Crippen LogP contribution in [0.25, 0.3) is 0 Å². The van der Waals surface area contributed by atoms with E-state index in [4.69, 9.17) is 10.2 Å². The summed E-state index contributed by atoms with van der Waals surface area (Å²) < 4.78 is 0. The summed E-state index contributed by atoms with van der Waals surface area (Å²) in [5, 5.41) is 38.4. The molecule has 4 aromatic rings. The van der Waals surface area contributed by atoms with Gasteiger partial charge in [0.25, 0.3) is 0 Å². The Morgan fingerprint density at radius 3 is 1.24 bits per heavy atom. The minimum Gasteiger partial charge on any atom is -0.508 e. The van der Waals surface area contributed by atoms with Crippen molar-refractivity contribution in [3.05, 3.63) is 120 Å². The van der Waals surface area contributed by atoms with Crippen LogP contribution < -0.4 is 0 Å². The van der Waals surface area contributed by atoms with Crippen molar-refractivity contribution in [2.45, 2.75) is 45.4 Å². The van der Waals surface area contributed by atoms with Gasteiger partial charge in [-0.05, 0) is 67.0 Å². The standard InChI is InChI=1S/C21H26O2.2C6H6O/c1-15-12-20(2,3)14-21(13-15,16-8-4-6-10-18(16)22)17-9-5-7-11-19(17)23;2*7-6-4-2-1-3-5-6/h4-11,15,22-23H,12-14H2,1-3H3;2*1-5,7H. The third-order valence-corrected chi connectivity index (χ3v) is 6.73. The number of hydrogen-bond acceptors (Lipinski definition) is 4. The number of aromatic hydroxyl groups is 4. The molecule has 1 fully saturated rings. The minimum atomic E-state index is -0.349. The highest BCUT2D eigenvalue weighted by Gasteiger charge is 2.47. The summed E-state index contributed by atoms with van der Waals surface area (Å²) in [7, 11) is 0. The van der Waals surface area contributed by atoms with Gasteiger partial charge < -0.3 is 20.4 Å². The molecule has 1 saturated carbocycles. The maximum atomic E-state index is 10.6. The van der Waals surface area contributed by atoms with Crippen LogP contribution in [0.1, 0.15) is 51.2 Å². The second kappa shape index (κ2) is 12.4. The highest BCUT2D eigenvalue weighted by molar-refractivity contribution is 5.51. The number of phenols is 4. The van der Waals surface area contributed by atoms with Gasteiger partial charge in [0.2, 0.25) is 0 Å². The number of hydrogen-bond donors (Lipinski definition) is 4. The van der Waals surface area contributed by atoms with E-state index >= 15 is 0 Å². The van der Waals surface area contributed by atoms with E-state index in [1.54, 1.807) is 60.7 Å².